The number of benzene rings is 2. The molecule has 27 heavy (non-hydrogen) atoms. The number of halogens is 2. The minimum absolute atomic E-state index is 0.0137. The van der Waals surface area contributed by atoms with Crippen LogP contribution in [0.1, 0.15) is 5.56 Å². The van der Waals surface area contributed by atoms with Gasteiger partial charge in [-0.1, -0.05) is 23.2 Å². The number of hydrogen-bond donors (Lipinski definition) is 2. The van der Waals surface area contributed by atoms with Crippen LogP contribution in [0.3, 0.4) is 0 Å². The number of aromatic hydroxyl groups is 1. The van der Waals surface area contributed by atoms with Gasteiger partial charge in [-0.2, -0.15) is 5.10 Å². The molecule has 2 aromatic rings. The second kappa shape index (κ2) is 9.06. The molecule has 0 aromatic heterocycles. The molecule has 2 rings (SSSR count). The van der Waals surface area contributed by atoms with Crippen LogP contribution in [0, 0.1) is 10.1 Å². The summed E-state index contributed by atoms with van der Waals surface area (Å²) in [4.78, 5) is 22.0. The minimum atomic E-state index is -0.652. The van der Waals surface area contributed by atoms with E-state index in [1.807, 2.05) is 0 Å². The number of nitro benzene ring substituents is 1. The van der Waals surface area contributed by atoms with E-state index in [0.717, 1.165) is 18.3 Å². The number of nitro groups is 1. The van der Waals surface area contributed by atoms with Gasteiger partial charge in [0.05, 0.1) is 29.3 Å². The maximum absolute atomic E-state index is 11.8. The Hall–Kier alpha value is -3.04. The molecule has 0 aliphatic heterocycles. The third kappa shape index (κ3) is 5.47. The first kappa shape index (κ1) is 20.3. The van der Waals surface area contributed by atoms with Gasteiger partial charge in [0, 0.05) is 22.7 Å². The van der Waals surface area contributed by atoms with Gasteiger partial charge in [0.15, 0.2) is 18.1 Å². The molecule has 0 saturated heterocycles. The highest BCUT2D eigenvalue weighted by Gasteiger charge is 2.16. The van der Waals surface area contributed by atoms with Gasteiger partial charge >= 0.3 is 0 Å². The predicted octanol–water partition coefficient (Wildman–Crippen LogP) is 3.14. The minimum Gasteiger partial charge on any atom is -0.504 e. The summed E-state index contributed by atoms with van der Waals surface area (Å²) in [6, 6.07) is 6.69. The number of amides is 1. The predicted molar refractivity (Wildman–Crippen MR) is 99.0 cm³/mol. The van der Waals surface area contributed by atoms with Gasteiger partial charge in [-0.25, -0.2) is 5.43 Å². The molecule has 142 valence electrons. The van der Waals surface area contributed by atoms with Crippen LogP contribution in [0.5, 0.6) is 17.2 Å². The Balaban J connectivity index is 2.02. The van der Waals surface area contributed by atoms with Crippen LogP contribution in [0.4, 0.5) is 5.69 Å². The van der Waals surface area contributed by atoms with Gasteiger partial charge in [0.2, 0.25) is 0 Å². The summed E-state index contributed by atoms with van der Waals surface area (Å²) in [5.41, 5.74) is 1.83. The van der Waals surface area contributed by atoms with E-state index >= 15 is 0 Å². The maximum atomic E-state index is 11.8. The van der Waals surface area contributed by atoms with Crippen molar-refractivity contribution in [1.82, 2.24) is 5.43 Å². The summed E-state index contributed by atoms with van der Waals surface area (Å²) >= 11 is 11.7. The lowest BCUT2D eigenvalue weighted by atomic mass is 10.2. The van der Waals surface area contributed by atoms with Gasteiger partial charge < -0.3 is 14.6 Å². The molecule has 0 saturated carbocycles. The van der Waals surface area contributed by atoms with E-state index in [0.29, 0.717) is 5.02 Å². The Morgan fingerprint density at radius 1 is 1.33 bits per heavy atom. The number of carbonyl (C=O) groups is 1. The maximum Gasteiger partial charge on any atom is 0.277 e. The SMILES string of the molecule is COc1cc([N+](=O)[O-])cc(/C=N/NC(=O)COc2cc(Cl)ccc2Cl)c1O. The highest BCUT2D eigenvalue weighted by molar-refractivity contribution is 6.34. The zero-order valence-corrected chi connectivity index (χ0v) is 15.3. The fraction of sp³-hybridized carbons (Fsp3) is 0.125. The summed E-state index contributed by atoms with van der Waals surface area (Å²) in [6.07, 6.45) is 1.04. The number of phenolic OH excluding ortho intramolecular Hbond substituents is 1. The van der Waals surface area contributed by atoms with Gasteiger partial charge in [-0.05, 0) is 12.1 Å². The van der Waals surface area contributed by atoms with Gasteiger partial charge in [-0.3, -0.25) is 14.9 Å². The monoisotopic (exact) mass is 413 g/mol. The number of non-ortho nitro benzene ring substituents is 1. The number of ether oxygens (including phenoxy) is 2. The van der Waals surface area contributed by atoms with Crippen LogP contribution in [0.25, 0.3) is 0 Å². The first-order valence-electron chi connectivity index (χ1n) is 7.27. The van der Waals surface area contributed by atoms with E-state index < -0.39 is 17.4 Å². The van der Waals surface area contributed by atoms with Crippen molar-refractivity contribution in [2.75, 3.05) is 13.7 Å². The molecule has 0 spiro atoms. The standard InChI is InChI=1S/C16H13Cl2N3O6/c1-26-14-6-11(21(24)25)4-9(16(14)23)7-19-20-15(22)8-27-13-5-10(17)2-3-12(13)18/h2-7,23H,8H2,1H3,(H,20,22)/b19-7+. The largest absolute Gasteiger partial charge is 0.504 e. The van der Waals surface area contributed by atoms with E-state index in [1.54, 1.807) is 6.07 Å². The van der Waals surface area contributed by atoms with E-state index in [1.165, 1.54) is 19.2 Å². The fourth-order valence-electron chi connectivity index (χ4n) is 1.91. The Morgan fingerprint density at radius 2 is 2.07 bits per heavy atom. The number of hydrazone groups is 1. The van der Waals surface area contributed by atoms with Crippen molar-refractivity contribution in [2.45, 2.75) is 0 Å². The molecule has 2 N–H and O–H groups in total. The lowest BCUT2D eigenvalue weighted by Crippen LogP contribution is -2.24. The van der Waals surface area contributed by atoms with E-state index in [9.17, 15) is 20.0 Å². The number of hydrogen-bond acceptors (Lipinski definition) is 7. The third-order valence-electron chi connectivity index (χ3n) is 3.16. The van der Waals surface area contributed by atoms with Crippen molar-refractivity contribution >= 4 is 41.0 Å². The Bertz CT molecular complexity index is 904. The molecule has 0 unspecified atom stereocenters. The molecule has 2 aromatic carbocycles. The highest BCUT2D eigenvalue weighted by atomic mass is 35.5. The van der Waals surface area contributed by atoms with Crippen LogP contribution in [-0.4, -0.2) is 35.9 Å². The second-order valence-corrected chi connectivity index (χ2v) is 5.84. The molecule has 0 atom stereocenters. The number of carbonyl (C=O) groups excluding carboxylic acids is 1. The molecule has 0 bridgehead atoms. The van der Waals surface area contributed by atoms with Crippen LogP contribution >= 0.6 is 23.2 Å². The summed E-state index contributed by atoms with van der Waals surface area (Å²) < 4.78 is 10.1. The number of phenols is 1. The molecule has 0 aliphatic carbocycles. The molecule has 11 heteroatoms. The number of nitrogens with one attached hydrogen (secondary N) is 1. The third-order valence-corrected chi connectivity index (χ3v) is 3.71. The topological polar surface area (TPSA) is 123 Å². The summed E-state index contributed by atoms with van der Waals surface area (Å²) in [5, 5.41) is 25.2. The molecule has 1 amide bonds. The fourth-order valence-corrected chi connectivity index (χ4v) is 2.25. The first-order valence-corrected chi connectivity index (χ1v) is 8.02. The molecule has 0 heterocycles. The second-order valence-electron chi connectivity index (χ2n) is 5.00. The molecular weight excluding hydrogens is 401 g/mol. The number of nitrogens with zero attached hydrogens (tertiary/aromatic N) is 2. The Morgan fingerprint density at radius 3 is 2.74 bits per heavy atom. The van der Waals surface area contributed by atoms with E-state index in [2.05, 4.69) is 10.5 Å². The Kier molecular flexibility index (Phi) is 6.80. The zero-order valence-electron chi connectivity index (χ0n) is 13.8. The average Bonchev–Trinajstić information content (AvgIpc) is 2.63. The summed E-state index contributed by atoms with van der Waals surface area (Å²) in [7, 11) is 1.25. The normalized spacial score (nSPS) is 10.6. The van der Waals surface area contributed by atoms with Crippen molar-refractivity contribution in [3.63, 3.8) is 0 Å². The van der Waals surface area contributed by atoms with E-state index in [-0.39, 0.29) is 33.5 Å². The van der Waals surface area contributed by atoms with Crippen LogP contribution in [0.15, 0.2) is 35.4 Å². The Labute approximate surface area is 163 Å². The average molecular weight is 414 g/mol. The summed E-state index contributed by atoms with van der Waals surface area (Å²) in [5.74, 6) is -0.859. The van der Waals surface area contributed by atoms with Crippen molar-refractivity contribution in [3.05, 3.63) is 56.1 Å². The number of methoxy groups -OCH3 is 1. The first-order chi connectivity index (χ1) is 12.8. The van der Waals surface area contributed by atoms with Gasteiger partial charge in [0.1, 0.15) is 5.75 Å². The van der Waals surface area contributed by atoms with Crippen molar-refractivity contribution in [2.24, 2.45) is 5.10 Å². The van der Waals surface area contributed by atoms with Crippen LogP contribution < -0.4 is 14.9 Å². The summed E-state index contributed by atoms with van der Waals surface area (Å²) in [6.45, 7) is -0.401. The lowest BCUT2D eigenvalue weighted by molar-refractivity contribution is -0.385. The van der Waals surface area contributed by atoms with Crippen molar-refractivity contribution in [3.8, 4) is 17.2 Å². The molecule has 9 nitrogen and oxygen atoms in total. The number of rotatable bonds is 7. The van der Waals surface area contributed by atoms with Gasteiger partial charge in [0.25, 0.3) is 11.6 Å². The lowest BCUT2D eigenvalue weighted by Gasteiger charge is -2.07. The van der Waals surface area contributed by atoms with Crippen molar-refractivity contribution < 1.29 is 24.3 Å². The van der Waals surface area contributed by atoms with Gasteiger partial charge in [-0.15, -0.1) is 0 Å². The van der Waals surface area contributed by atoms with Crippen LogP contribution in [0.2, 0.25) is 10.0 Å². The zero-order chi connectivity index (χ0) is 20.0. The highest BCUT2D eigenvalue weighted by Crippen LogP contribution is 2.33. The van der Waals surface area contributed by atoms with Crippen LogP contribution in [-0.2, 0) is 4.79 Å². The molecule has 0 aliphatic rings. The molecular formula is C16H13Cl2N3O6. The van der Waals surface area contributed by atoms with E-state index in [4.69, 9.17) is 32.7 Å². The quantitative estimate of drug-likeness (QED) is 0.408. The molecule has 0 radical (unpaired) electrons. The molecule has 0 fully saturated rings. The smallest absolute Gasteiger partial charge is 0.277 e. The van der Waals surface area contributed by atoms with Crippen molar-refractivity contribution in [1.29, 1.82) is 0 Å².